The van der Waals surface area contributed by atoms with Crippen LogP contribution in [-0.4, -0.2) is 16.3 Å². The number of aliphatic hydroxyl groups is 1. The van der Waals surface area contributed by atoms with Crippen molar-refractivity contribution >= 4 is 29.3 Å². The van der Waals surface area contributed by atoms with Gasteiger partial charge in [0.05, 0.1) is 6.04 Å². The van der Waals surface area contributed by atoms with Crippen molar-refractivity contribution in [3.63, 3.8) is 0 Å². The molecule has 0 aliphatic heterocycles. The van der Waals surface area contributed by atoms with E-state index in [0.717, 1.165) is 0 Å². The molecule has 2 aromatic rings. The number of rotatable bonds is 4. The number of nitrogens with one attached hydrogen (secondary N) is 1. The van der Waals surface area contributed by atoms with E-state index < -0.39 is 18.2 Å². The van der Waals surface area contributed by atoms with Crippen molar-refractivity contribution in [2.45, 2.75) is 12.1 Å². The summed E-state index contributed by atoms with van der Waals surface area (Å²) in [6.07, 6.45) is -2.29. The molecule has 0 heterocycles. The summed E-state index contributed by atoms with van der Waals surface area (Å²) >= 11 is 11.7. The van der Waals surface area contributed by atoms with Crippen molar-refractivity contribution in [2.24, 2.45) is 0 Å². The van der Waals surface area contributed by atoms with Gasteiger partial charge in [-0.15, -0.1) is 0 Å². The minimum absolute atomic E-state index is 0.469. The van der Waals surface area contributed by atoms with Gasteiger partial charge >= 0.3 is 6.09 Å². The zero-order chi connectivity index (χ0) is 15.4. The van der Waals surface area contributed by atoms with Gasteiger partial charge in [-0.25, -0.2) is 4.79 Å². The van der Waals surface area contributed by atoms with Crippen LogP contribution >= 0.6 is 23.2 Å². The molecule has 4 nitrogen and oxygen atoms in total. The number of aliphatic hydroxyl groups excluding tert-OH is 1. The summed E-state index contributed by atoms with van der Waals surface area (Å²) in [5, 5.41) is 22.8. The van der Waals surface area contributed by atoms with E-state index in [1.165, 1.54) is 0 Å². The molecule has 0 radical (unpaired) electrons. The zero-order valence-corrected chi connectivity index (χ0v) is 12.3. The molecule has 3 N–H and O–H groups in total. The number of amides is 1. The van der Waals surface area contributed by atoms with E-state index >= 15 is 0 Å². The van der Waals surface area contributed by atoms with E-state index in [2.05, 4.69) is 5.32 Å². The molecule has 0 saturated heterocycles. The molecule has 2 atom stereocenters. The molecule has 110 valence electrons. The highest BCUT2D eigenvalue weighted by Crippen LogP contribution is 2.30. The summed E-state index contributed by atoms with van der Waals surface area (Å²) in [5.74, 6) is 0. The number of hydrogen-bond donors (Lipinski definition) is 3. The lowest BCUT2D eigenvalue weighted by Crippen LogP contribution is -2.31. The van der Waals surface area contributed by atoms with E-state index in [9.17, 15) is 9.90 Å². The van der Waals surface area contributed by atoms with Crippen molar-refractivity contribution in [2.75, 3.05) is 0 Å². The fourth-order valence-electron chi connectivity index (χ4n) is 2.03. The van der Waals surface area contributed by atoms with Crippen molar-refractivity contribution in [3.8, 4) is 0 Å². The fraction of sp³-hybridized carbons (Fsp3) is 0.133. The predicted molar refractivity (Wildman–Crippen MR) is 81.8 cm³/mol. The first-order valence-electron chi connectivity index (χ1n) is 6.16. The van der Waals surface area contributed by atoms with Gasteiger partial charge in [-0.05, 0) is 35.4 Å². The normalized spacial score (nSPS) is 13.5. The van der Waals surface area contributed by atoms with Crippen molar-refractivity contribution in [1.82, 2.24) is 5.32 Å². The molecule has 0 aliphatic rings. The molecule has 0 aliphatic carbocycles. The van der Waals surface area contributed by atoms with Crippen LogP contribution in [0, 0.1) is 0 Å². The number of carboxylic acid groups (broad SMARTS) is 1. The van der Waals surface area contributed by atoms with E-state index in [1.807, 2.05) is 0 Å². The Balaban J connectivity index is 2.35. The minimum Gasteiger partial charge on any atom is -0.465 e. The Morgan fingerprint density at radius 2 is 1.67 bits per heavy atom. The van der Waals surface area contributed by atoms with E-state index in [4.69, 9.17) is 28.3 Å². The second-order valence-corrected chi connectivity index (χ2v) is 5.35. The molecule has 0 bridgehead atoms. The molecular formula is C15H13Cl2NO3. The first-order chi connectivity index (χ1) is 9.97. The van der Waals surface area contributed by atoms with Crippen LogP contribution in [-0.2, 0) is 0 Å². The highest BCUT2D eigenvalue weighted by molar-refractivity contribution is 6.30. The monoisotopic (exact) mass is 325 g/mol. The molecule has 0 aromatic heterocycles. The average Bonchev–Trinajstić information content (AvgIpc) is 2.45. The quantitative estimate of drug-likeness (QED) is 0.794. The van der Waals surface area contributed by atoms with Crippen LogP contribution in [0.5, 0.6) is 0 Å². The van der Waals surface area contributed by atoms with Crippen molar-refractivity contribution in [1.29, 1.82) is 0 Å². The van der Waals surface area contributed by atoms with E-state index in [-0.39, 0.29) is 0 Å². The first-order valence-corrected chi connectivity index (χ1v) is 6.91. The van der Waals surface area contributed by atoms with Crippen molar-refractivity contribution < 1.29 is 15.0 Å². The fourth-order valence-corrected chi connectivity index (χ4v) is 2.36. The van der Waals surface area contributed by atoms with Crippen LogP contribution in [0.1, 0.15) is 23.3 Å². The van der Waals surface area contributed by atoms with E-state index in [0.29, 0.717) is 21.2 Å². The van der Waals surface area contributed by atoms with Crippen molar-refractivity contribution in [3.05, 3.63) is 69.7 Å². The molecule has 0 spiro atoms. The Morgan fingerprint density at radius 3 is 2.24 bits per heavy atom. The summed E-state index contributed by atoms with van der Waals surface area (Å²) < 4.78 is 0. The molecule has 1 amide bonds. The molecular weight excluding hydrogens is 313 g/mol. The Kier molecular flexibility index (Phi) is 5.07. The Bertz CT molecular complexity index is 631. The molecule has 2 aromatic carbocycles. The first kappa shape index (κ1) is 15.6. The summed E-state index contributed by atoms with van der Waals surface area (Å²) in [4.78, 5) is 11.0. The van der Waals surface area contributed by atoms with Crippen LogP contribution < -0.4 is 5.32 Å². The van der Waals surface area contributed by atoms with Gasteiger partial charge in [-0.3, -0.25) is 0 Å². The molecule has 0 unspecified atom stereocenters. The standard InChI is InChI=1S/C15H13Cl2NO3/c16-11-6-4-9(5-7-11)13(18-15(20)21)14(19)10-2-1-3-12(17)8-10/h1-8,13-14,18-19H,(H,20,21)/t13-,14-/m1/s1. The second-order valence-electron chi connectivity index (χ2n) is 4.48. The van der Waals surface area contributed by atoms with Crippen LogP contribution in [0.25, 0.3) is 0 Å². The third kappa shape index (κ3) is 4.11. The Morgan fingerprint density at radius 1 is 1.00 bits per heavy atom. The lowest BCUT2D eigenvalue weighted by atomic mass is 9.96. The van der Waals surface area contributed by atoms with Gasteiger partial charge in [0.1, 0.15) is 6.10 Å². The van der Waals surface area contributed by atoms with Gasteiger partial charge in [-0.2, -0.15) is 0 Å². The van der Waals surface area contributed by atoms with Gasteiger partial charge in [0.2, 0.25) is 0 Å². The third-order valence-corrected chi connectivity index (χ3v) is 3.50. The molecule has 0 fully saturated rings. The summed E-state index contributed by atoms with van der Waals surface area (Å²) in [5.41, 5.74) is 1.13. The lowest BCUT2D eigenvalue weighted by Gasteiger charge is -2.24. The van der Waals surface area contributed by atoms with Crippen LogP contribution in [0.15, 0.2) is 48.5 Å². The van der Waals surface area contributed by atoms with Crippen LogP contribution in [0.2, 0.25) is 10.0 Å². The SMILES string of the molecule is O=C(O)N[C@H](c1ccc(Cl)cc1)[C@H](O)c1cccc(Cl)c1. The van der Waals surface area contributed by atoms with Gasteiger partial charge in [0.15, 0.2) is 0 Å². The highest BCUT2D eigenvalue weighted by atomic mass is 35.5. The second kappa shape index (κ2) is 6.80. The van der Waals surface area contributed by atoms with Crippen LogP contribution in [0.4, 0.5) is 4.79 Å². The molecule has 0 saturated carbocycles. The highest BCUT2D eigenvalue weighted by Gasteiger charge is 2.24. The smallest absolute Gasteiger partial charge is 0.405 e. The summed E-state index contributed by atoms with van der Waals surface area (Å²) in [7, 11) is 0. The number of carbonyl (C=O) groups is 1. The summed E-state index contributed by atoms with van der Waals surface area (Å²) in [6, 6.07) is 12.4. The van der Waals surface area contributed by atoms with Gasteiger partial charge in [0, 0.05) is 10.0 Å². The maximum absolute atomic E-state index is 11.0. The van der Waals surface area contributed by atoms with Gasteiger partial charge in [0.25, 0.3) is 0 Å². The molecule has 21 heavy (non-hydrogen) atoms. The van der Waals surface area contributed by atoms with Crippen LogP contribution in [0.3, 0.4) is 0 Å². The Labute approximate surface area is 131 Å². The van der Waals surface area contributed by atoms with Gasteiger partial charge < -0.3 is 15.5 Å². The Hall–Kier alpha value is -1.75. The number of benzene rings is 2. The maximum atomic E-state index is 11.0. The van der Waals surface area contributed by atoms with E-state index in [1.54, 1.807) is 48.5 Å². The average molecular weight is 326 g/mol. The number of hydrogen-bond acceptors (Lipinski definition) is 2. The minimum atomic E-state index is -1.23. The molecule has 2 rings (SSSR count). The zero-order valence-electron chi connectivity index (χ0n) is 10.8. The predicted octanol–water partition coefficient (Wildman–Crippen LogP) is 4.04. The number of halogens is 2. The molecule has 6 heteroatoms. The maximum Gasteiger partial charge on any atom is 0.405 e. The lowest BCUT2D eigenvalue weighted by molar-refractivity contribution is 0.120. The van der Waals surface area contributed by atoms with Gasteiger partial charge in [-0.1, -0.05) is 47.5 Å². The largest absolute Gasteiger partial charge is 0.465 e. The third-order valence-electron chi connectivity index (χ3n) is 3.01. The summed E-state index contributed by atoms with van der Waals surface area (Å²) in [6.45, 7) is 0. The topological polar surface area (TPSA) is 69.6 Å².